The maximum atomic E-state index is 13.2. The van der Waals surface area contributed by atoms with E-state index < -0.39 is 5.97 Å². The van der Waals surface area contributed by atoms with Gasteiger partial charge >= 0.3 is 5.97 Å². The van der Waals surface area contributed by atoms with E-state index in [9.17, 15) is 14.4 Å². The molecule has 170 valence electrons. The molecule has 0 saturated carbocycles. The van der Waals surface area contributed by atoms with Crippen molar-refractivity contribution in [3.8, 4) is 5.75 Å². The SMILES string of the molecule is CCn1c2ccc(C(=O)c3ccccn3)cc2c2c3c(ccc21)C(=O)/C(=N/OC(C)=O)CCO3. The van der Waals surface area contributed by atoms with Crippen LogP contribution in [0.5, 0.6) is 5.75 Å². The van der Waals surface area contributed by atoms with Crippen LogP contribution in [-0.4, -0.2) is 39.4 Å². The van der Waals surface area contributed by atoms with Crippen LogP contribution in [0.4, 0.5) is 0 Å². The van der Waals surface area contributed by atoms with Gasteiger partial charge < -0.3 is 14.1 Å². The highest BCUT2D eigenvalue weighted by Crippen LogP contribution is 2.40. The lowest BCUT2D eigenvalue weighted by atomic mass is 10.00. The predicted octanol–water partition coefficient (Wildman–Crippen LogP) is 4.32. The Morgan fingerprint density at radius 3 is 2.71 bits per heavy atom. The minimum Gasteiger partial charge on any atom is -0.492 e. The van der Waals surface area contributed by atoms with Crippen LogP contribution >= 0.6 is 0 Å². The van der Waals surface area contributed by atoms with Crippen molar-refractivity contribution in [2.45, 2.75) is 26.8 Å². The van der Waals surface area contributed by atoms with Crippen LogP contribution in [0.25, 0.3) is 21.8 Å². The number of ether oxygens (including phenoxy) is 1. The smallest absolute Gasteiger partial charge is 0.331 e. The van der Waals surface area contributed by atoms with Crippen LogP contribution in [0.15, 0.2) is 59.9 Å². The zero-order chi connectivity index (χ0) is 23.8. The fourth-order valence-corrected chi connectivity index (χ4v) is 4.34. The van der Waals surface area contributed by atoms with E-state index in [1.165, 1.54) is 6.92 Å². The van der Waals surface area contributed by atoms with Crippen LogP contribution in [0.3, 0.4) is 0 Å². The van der Waals surface area contributed by atoms with E-state index in [0.29, 0.717) is 29.1 Å². The highest BCUT2D eigenvalue weighted by atomic mass is 16.7. The predicted molar refractivity (Wildman–Crippen MR) is 126 cm³/mol. The molecule has 0 radical (unpaired) electrons. The number of hydrogen-bond acceptors (Lipinski definition) is 7. The lowest BCUT2D eigenvalue weighted by Gasteiger charge is -2.09. The Morgan fingerprint density at radius 1 is 1.15 bits per heavy atom. The van der Waals surface area contributed by atoms with Gasteiger partial charge in [-0.25, -0.2) is 4.79 Å². The molecule has 0 N–H and O–H groups in total. The fourth-order valence-electron chi connectivity index (χ4n) is 4.34. The molecule has 0 atom stereocenters. The summed E-state index contributed by atoms with van der Waals surface area (Å²) < 4.78 is 8.18. The van der Waals surface area contributed by atoms with Gasteiger partial charge in [0.1, 0.15) is 17.2 Å². The summed E-state index contributed by atoms with van der Waals surface area (Å²) in [7, 11) is 0. The van der Waals surface area contributed by atoms with Gasteiger partial charge in [0.15, 0.2) is 0 Å². The lowest BCUT2D eigenvalue weighted by Crippen LogP contribution is -2.15. The first-order chi connectivity index (χ1) is 16.5. The Balaban J connectivity index is 1.72. The summed E-state index contributed by atoms with van der Waals surface area (Å²) in [5.41, 5.74) is 3.14. The first-order valence-electron chi connectivity index (χ1n) is 11.0. The zero-order valence-corrected chi connectivity index (χ0v) is 18.7. The summed E-state index contributed by atoms with van der Waals surface area (Å²) >= 11 is 0. The Kier molecular flexibility index (Phi) is 5.41. The number of pyridine rings is 1. The third-order valence-electron chi connectivity index (χ3n) is 5.84. The summed E-state index contributed by atoms with van der Waals surface area (Å²) in [5, 5.41) is 5.30. The number of benzene rings is 2. The second-order valence-electron chi connectivity index (χ2n) is 7.91. The second-order valence-corrected chi connectivity index (χ2v) is 7.91. The van der Waals surface area contributed by atoms with Gasteiger partial charge in [-0.1, -0.05) is 11.2 Å². The van der Waals surface area contributed by atoms with Crippen LogP contribution in [0.2, 0.25) is 0 Å². The van der Waals surface area contributed by atoms with E-state index in [0.717, 1.165) is 21.8 Å². The lowest BCUT2D eigenvalue weighted by molar-refractivity contribution is -0.140. The minimum absolute atomic E-state index is 0.124. The standard InChI is InChI=1S/C26H21N3O5/c1-3-29-21-9-7-16(24(31)19-6-4-5-12-27-19)14-18(21)23-22(29)10-8-17-25(32)20(28-34-15(2)30)11-13-33-26(17)23/h4-10,12,14H,3,11,13H2,1-2H3/b28-20+. The molecule has 0 fully saturated rings. The number of ketones is 2. The van der Waals surface area contributed by atoms with Gasteiger partial charge in [0.05, 0.1) is 23.1 Å². The molecule has 2 aromatic carbocycles. The monoisotopic (exact) mass is 455 g/mol. The Bertz CT molecular complexity index is 1500. The third kappa shape index (κ3) is 3.53. The summed E-state index contributed by atoms with van der Waals surface area (Å²) in [5.74, 6) is -0.698. The topological polar surface area (TPSA) is 99.9 Å². The molecule has 1 aliphatic heterocycles. The van der Waals surface area contributed by atoms with Gasteiger partial charge in [-0.15, -0.1) is 0 Å². The second kappa shape index (κ2) is 8.55. The number of rotatable bonds is 4. The molecule has 0 bridgehead atoms. The normalized spacial score (nSPS) is 14.6. The van der Waals surface area contributed by atoms with Crippen molar-refractivity contribution in [1.82, 2.24) is 9.55 Å². The number of aromatic nitrogens is 2. The molecular formula is C26H21N3O5. The van der Waals surface area contributed by atoms with Crippen molar-refractivity contribution >= 4 is 45.1 Å². The molecule has 0 amide bonds. The van der Waals surface area contributed by atoms with Gasteiger partial charge in [0, 0.05) is 42.6 Å². The Hall–Kier alpha value is -4.33. The molecule has 4 aromatic rings. The molecule has 34 heavy (non-hydrogen) atoms. The highest BCUT2D eigenvalue weighted by molar-refractivity contribution is 6.47. The fraction of sp³-hybridized carbons (Fsp3) is 0.192. The molecule has 0 saturated heterocycles. The van der Waals surface area contributed by atoms with Crippen LogP contribution in [0.1, 0.15) is 46.7 Å². The summed E-state index contributed by atoms with van der Waals surface area (Å²) in [6, 6.07) is 14.3. The van der Waals surface area contributed by atoms with Crippen LogP contribution in [0, 0.1) is 0 Å². The maximum absolute atomic E-state index is 13.2. The van der Waals surface area contributed by atoms with E-state index in [1.54, 1.807) is 36.5 Å². The van der Waals surface area contributed by atoms with Gasteiger partial charge in [-0.2, -0.15) is 0 Å². The van der Waals surface area contributed by atoms with E-state index >= 15 is 0 Å². The van der Waals surface area contributed by atoms with Gasteiger partial charge in [0.2, 0.25) is 11.6 Å². The van der Waals surface area contributed by atoms with Gasteiger partial charge in [-0.05, 0) is 49.4 Å². The third-order valence-corrected chi connectivity index (χ3v) is 5.84. The number of carbonyl (C=O) groups is 3. The molecule has 0 spiro atoms. The summed E-state index contributed by atoms with van der Waals surface area (Å²) in [4.78, 5) is 46.3. The first kappa shape index (κ1) is 21.5. The molecule has 1 aliphatic rings. The van der Waals surface area contributed by atoms with Crippen molar-refractivity contribution in [3.63, 3.8) is 0 Å². The highest BCUT2D eigenvalue weighted by Gasteiger charge is 2.28. The number of fused-ring (bicyclic) bond motifs is 5. The zero-order valence-electron chi connectivity index (χ0n) is 18.7. The number of aryl methyl sites for hydroxylation is 1. The number of carbonyl (C=O) groups excluding carboxylic acids is 3. The summed E-state index contributed by atoms with van der Waals surface area (Å²) in [6.45, 7) is 4.15. The van der Waals surface area contributed by atoms with E-state index in [2.05, 4.69) is 14.7 Å². The molecule has 8 heteroatoms. The molecule has 8 nitrogen and oxygen atoms in total. The molecule has 3 heterocycles. The molecule has 0 unspecified atom stereocenters. The first-order valence-corrected chi connectivity index (χ1v) is 11.0. The quantitative estimate of drug-likeness (QED) is 0.258. The molecule has 5 rings (SSSR count). The molecular weight excluding hydrogens is 434 g/mol. The van der Waals surface area contributed by atoms with Crippen molar-refractivity contribution in [2.24, 2.45) is 5.16 Å². The molecule has 0 aliphatic carbocycles. The van der Waals surface area contributed by atoms with E-state index in [4.69, 9.17) is 9.57 Å². The maximum Gasteiger partial charge on any atom is 0.331 e. The van der Waals surface area contributed by atoms with Gasteiger partial charge in [-0.3, -0.25) is 14.6 Å². The van der Waals surface area contributed by atoms with E-state index in [-0.39, 0.29) is 30.3 Å². The van der Waals surface area contributed by atoms with E-state index in [1.807, 2.05) is 25.1 Å². The number of nitrogens with zero attached hydrogens (tertiary/aromatic N) is 3. The van der Waals surface area contributed by atoms with Gasteiger partial charge in [0.25, 0.3) is 0 Å². The Labute approximate surface area is 194 Å². The number of hydrogen-bond donors (Lipinski definition) is 0. The average molecular weight is 455 g/mol. The Morgan fingerprint density at radius 2 is 1.97 bits per heavy atom. The number of oxime groups is 1. The van der Waals surface area contributed by atoms with Crippen molar-refractivity contribution < 1.29 is 24.0 Å². The summed E-state index contributed by atoms with van der Waals surface area (Å²) in [6.07, 6.45) is 1.79. The van der Waals surface area contributed by atoms with Crippen LogP contribution in [-0.2, 0) is 16.2 Å². The largest absolute Gasteiger partial charge is 0.492 e. The van der Waals surface area contributed by atoms with Crippen LogP contribution < -0.4 is 4.74 Å². The van der Waals surface area contributed by atoms with Crippen molar-refractivity contribution in [1.29, 1.82) is 0 Å². The minimum atomic E-state index is -0.600. The average Bonchev–Trinajstić information content (AvgIpc) is 3.09. The van der Waals surface area contributed by atoms with Crippen molar-refractivity contribution in [2.75, 3.05) is 6.61 Å². The number of Topliss-reactive ketones (excluding diaryl/α,β-unsaturated/α-hetero) is 1. The molecule has 2 aromatic heterocycles. The van der Waals surface area contributed by atoms with Crippen molar-refractivity contribution in [3.05, 3.63) is 71.5 Å².